The number of hydrogen-bond donors (Lipinski definition) is 1. The summed E-state index contributed by atoms with van der Waals surface area (Å²) in [6, 6.07) is 1.39. The number of nitro groups is 1. The van der Waals surface area contributed by atoms with E-state index in [1.165, 1.54) is 25.3 Å². The summed E-state index contributed by atoms with van der Waals surface area (Å²) in [5, 5.41) is 15.6. The smallest absolute Gasteiger partial charge is 0.324 e. The molecule has 0 atom stereocenters. The highest BCUT2D eigenvalue weighted by molar-refractivity contribution is 7.13. The van der Waals surface area contributed by atoms with Crippen LogP contribution in [-0.4, -0.2) is 16.4 Å². The van der Waals surface area contributed by atoms with Crippen LogP contribution in [0.1, 0.15) is 48.9 Å². The van der Waals surface area contributed by atoms with Crippen molar-refractivity contribution in [3.63, 3.8) is 0 Å². The maximum atomic E-state index is 12.4. The van der Waals surface area contributed by atoms with E-state index >= 15 is 0 Å². The number of rotatable bonds is 3. The Morgan fingerprint density at radius 2 is 1.81 bits per heavy atom. The van der Waals surface area contributed by atoms with Crippen LogP contribution in [0.3, 0.4) is 0 Å². The first kappa shape index (κ1) is 13.2. The minimum absolute atomic E-state index is 0.0330. The lowest BCUT2D eigenvalue weighted by atomic mass is 9.53. The van der Waals surface area contributed by atoms with Crippen LogP contribution in [0.25, 0.3) is 0 Å². The molecule has 1 amide bonds. The number of hydrogen-bond acceptors (Lipinski definition) is 4. The van der Waals surface area contributed by atoms with Gasteiger partial charge in [-0.2, -0.15) is 0 Å². The highest BCUT2D eigenvalue weighted by Crippen LogP contribution is 2.55. The van der Waals surface area contributed by atoms with E-state index < -0.39 is 4.92 Å². The summed E-state index contributed by atoms with van der Waals surface area (Å²) in [5.74, 6) is 2.18. The van der Waals surface area contributed by atoms with Gasteiger partial charge in [-0.15, -0.1) is 0 Å². The fourth-order valence-electron chi connectivity index (χ4n) is 5.12. The number of carbonyl (C=O) groups is 1. The maximum absolute atomic E-state index is 12.4. The summed E-state index contributed by atoms with van der Waals surface area (Å²) in [6.45, 7) is 0. The van der Waals surface area contributed by atoms with Gasteiger partial charge in [-0.3, -0.25) is 14.9 Å². The third-order valence-corrected chi connectivity index (χ3v) is 6.32. The molecule has 1 aromatic heterocycles. The van der Waals surface area contributed by atoms with Crippen molar-refractivity contribution >= 4 is 22.2 Å². The van der Waals surface area contributed by atoms with Crippen LogP contribution in [0.4, 0.5) is 5.00 Å². The van der Waals surface area contributed by atoms with Gasteiger partial charge in [-0.05, 0) is 56.3 Å². The highest BCUT2D eigenvalue weighted by atomic mass is 32.1. The van der Waals surface area contributed by atoms with Gasteiger partial charge in [-0.25, -0.2) is 0 Å². The summed E-state index contributed by atoms with van der Waals surface area (Å²) in [4.78, 5) is 22.7. The molecule has 0 radical (unpaired) electrons. The number of amides is 1. The summed E-state index contributed by atoms with van der Waals surface area (Å²) in [6.07, 6.45) is 7.28. The van der Waals surface area contributed by atoms with Crippen LogP contribution in [0, 0.1) is 27.9 Å². The SMILES string of the molecule is O=C(NC12CC3CC(CC(C3)C1)C2)c1csc([N+](=O)[O-])c1. The molecule has 4 fully saturated rings. The van der Waals surface area contributed by atoms with Crippen molar-refractivity contribution in [3.8, 4) is 0 Å². The van der Waals surface area contributed by atoms with Crippen LogP contribution in [0.2, 0.25) is 0 Å². The molecule has 0 aromatic carbocycles. The lowest BCUT2D eigenvalue weighted by Gasteiger charge is -2.56. The van der Waals surface area contributed by atoms with Crippen LogP contribution in [0.5, 0.6) is 0 Å². The molecule has 21 heavy (non-hydrogen) atoms. The van der Waals surface area contributed by atoms with E-state index in [4.69, 9.17) is 0 Å². The van der Waals surface area contributed by atoms with Gasteiger partial charge in [0.1, 0.15) is 0 Å². The summed E-state index contributed by atoms with van der Waals surface area (Å²) < 4.78 is 0. The Bertz CT molecular complexity index is 575. The topological polar surface area (TPSA) is 72.2 Å². The predicted molar refractivity (Wildman–Crippen MR) is 79.3 cm³/mol. The summed E-state index contributed by atoms with van der Waals surface area (Å²) in [5.41, 5.74) is 0.394. The minimum Gasteiger partial charge on any atom is -0.347 e. The van der Waals surface area contributed by atoms with E-state index in [2.05, 4.69) is 5.32 Å². The van der Waals surface area contributed by atoms with Crippen molar-refractivity contribution in [2.75, 3.05) is 0 Å². The molecule has 0 saturated heterocycles. The van der Waals surface area contributed by atoms with Gasteiger partial charge in [0.15, 0.2) is 0 Å². The zero-order chi connectivity index (χ0) is 14.6. The molecule has 4 bridgehead atoms. The Balaban J connectivity index is 1.52. The van der Waals surface area contributed by atoms with Crippen LogP contribution in [0.15, 0.2) is 11.4 Å². The molecule has 0 aliphatic heterocycles. The molecule has 1 N–H and O–H groups in total. The second-order valence-electron chi connectivity index (χ2n) is 7.08. The van der Waals surface area contributed by atoms with Gasteiger partial charge < -0.3 is 5.32 Å². The van der Waals surface area contributed by atoms with E-state index in [-0.39, 0.29) is 16.4 Å². The fraction of sp³-hybridized carbons (Fsp3) is 0.667. The third-order valence-electron chi connectivity index (χ3n) is 5.44. The maximum Gasteiger partial charge on any atom is 0.324 e. The van der Waals surface area contributed by atoms with Gasteiger partial charge in [0.25, 0.3) is 5.91 Å². The molecule has 4 aliphatic carbocycles. The molecule has 0 spiro atoms. The first-order valence-electron chi connectivity index (χ1n) is 7.58. The monoisotopic (exact) mass is 306 g/mol. The van der Waals surface area contributed by atoms with E-state index in [1.54, 1.807) is 5.38 Å². The van der Waals surface area contributed by atoms with Crippen LogP contribution >= 0.6 is 11.3 Å². The number of thiophene rings is 1. The zero-order valence-corrected chi connectivity index (χ0v) is 12.5. The molecular formula is C15H18N2O3S. The van der Waals surface area contributed by atoms with Crippen molar-refractivity contribution in [3.05, 3.63) is 27.1 Å². The fourth-order valence-corrected chi connectivity index (χ4v) is 5.82. The Labute approximate surface area is 126 Å². The molecule has 5 nitrogen and oxygen atoms in total. The van der Waals surface area contributed by atoms with E-state index in [0.717, 1.165) is 48.4 Å². The number of carbonyl (C=O) groups excluding carboxylic acids is 1. The van der Waals surface area contributed by atoms with Crippen LogP contribution < -0.4 is 5.32 Å². The van der Waals surface area contributed by atoms with Crippen LogP contribution in [-0.2, 0) is 0 Å². The molecule has 6 heteroatoms. The van der Waals surface area contributed by atoms with Crippen molar-refractivity contribution in [1.82, 2.24) is 5.32 Å². The minimum atomic E-state index is -0.438. The average molecular weight is 306 g/mol. The average Bonchev–Trinajstić information content (AvgIpc) is 2.85. The van der Waals surface area contributed by atoms with E-state index in [0.29, 0.717) is 5.56 Å². The largest absolute Gasteiger partial charge is 0.347 e. The first-order valence-corrected chi connectivity index (χ1v) is 8.46. The Morgan fingerprint density at radius 3 is 2.29 bits per heavy atom. The van der Waals surface area contributed by atoms with E-state index in [1.807, 2.05) is 0 Å². The first-order chi connectivity index (χ1) is 10.0. The number of nitrogens with one attached hydrogen (secondary N) is 1. The molecule has 4 aliphatic rings. The molecule has 4 saturated carbocycles. The molecule has 1 heterocycles. The second-order valence-corrected chi connectivity index (χ2v) is 7.97. The van der Waals surface area contributed by atoms with Gasteiger partial charge in [0.2, 0.25) is 0 Å². The highest BCUT2D eigenvalue weighted by Gasteiger charge is 2.51. The number of nitrogens with zero attached hydrogens (tertiary/aromatic N) is 1. The normalized spacial score (nSPS) is 36.7. The Kier molecular flexibility index (Phi) is 2.86. The molecule has 112 valence electrons. The Morgan fingerprint density at radius 1 is 1.24 bits per heavy atom. The Hall–Kier alpha value is -1.43. The quantitative estimate of drug-likeness (QED) is 0.687. The van der Waals surface area contributed by atoms with Crippen molar-refractivity contribution < 1.29 is 9.72 Å². The summed E-state index contributed by atoms with van der Waals surface area (Å²) in [7, 11) is 0. The molecule has 0 unspecified atom stereocenters. The van der Waals surface area contributed by atoms with E-state index in [9.17, 15) is 14.9 Å². The zero-order valence-electron chi connectivity index (χ0n) is 11.7. The summed E-state index contributed by atoms with van der Waals surface area (Å²) >= 11 is 1.02. The van der Waals surface area contributed by atoms with Crippen molar-refractivity contribution in [2.24, 2.45) is 17.8 Å². The van der Waals surface area contributed by atoms with Gasteiger partial charge >= 0.3 is 5.00 Å². The molecule has 5 rings (SSSR count). The predicted octanol–water partition coefficient (Wildman–Crippen LogP) is 3.35. The van der Waals surface area contributed by atoms with Crippen molar-refractivity contribution in [2.45, 2.75) is 44.1 Å². The van der Waals surface area contributed by atoms with Gasteiger partial charge in [0.05, 0.1) is 10.5 Å². The second kappa shape index (κ2) is 4.53. The molecular weight excluding hydrogens is 288 g/mol. The van der Waals surface area contributed by atoms with Crippen molar-refractivity contribution in [1.29, 1.82) is 0 Å². The lowest BCUT2D eigenvalue weighted by Crippen LogP contribution is -2.59. The third kappa shape index (κ3) is 2.25. The van der Waals surface area contributed by atoms with Gasteiger partial charge in [0, 0.05) is 17.0 Å². The standard InChI is InChI=1S/C15H18N2O3S/c18-14(12-4-13(17(19)20)21-8-12)16-15-5-9-1-10(6-15)3-11(2-9)7-15/h4,8-11H,1-3,5-7H2,(H,16,18). The van der Waals surface area contributed by atoms with Gasteiger partial charge in [-0.1, -0.05) is 11.3 Å². The lowest BCUT2D eigenvalue weighted by molar-refractivity contribution is -0.380. The molecule has 1 aromatic rings.